The van der Waals surface area contributed by atoms with Crippen molar-refractivity contribution in [2.75, 3.05) is 19.0 Å². The Kier molecular flexibility index (Phi) is 5.15. The predicted molar refractivity (Wildman–Crippen MR) is 75.0 cm³/mol. The molecule has 0 heterocycles. The smallest absolute Gasteiger partial charge is 0.135 e. The maximum Gasteiger partial charge on any atom is 0.135 e. The molecule has 0 fully saturated rings. The first-order valence-electron chi connectivity index (χ1n) is 4.14. The maximum absolute atomic E-state index is 5.21. The minimum absolute atomic E-state index is 0.670. The Hall–Kier alpha value is -0.000000000000000111. The fourth-order valence-electron chi connectivity index (χ4n) is 1.01. The molecule has 0 saturated carbocycles. The van der Waals surface area contributed by atoms with E-state index in [1.807, 2.05) is 12.1 Å². The van der Waals surface area contributed by atoms with Crippen molar-refractivity contribution in [2.24, 2.45) is 0 Å². The normalized spacial score (nSPS) is 9.87. The Balaban J connectivity index is 2.92. The molecule has 82 valence electrons. The number of rotatable bonds is 4. The van der Waals surface area contributed by atoms with Crippen LogP contribution in [0, 0.1) is 0 Å². The van der Waals surface area contributed by atoms with Crippen molar-refractivity contribution in [3.8, 4) is 5.75 Å². The summed E-state index contributed by atoms with van der Waals surface area (Å²) in [5.74, 6) is 0.792. The second-order valence-electron chi connectivity index (χ2n) is 2.84. The topological polar surface area (TPSA) is 21.3 Å². The lowest BCUT2D eigenvalue weighted by atomic mass is 10.3. The van der Waals surface area contributed by atoms with Crippen LogP contribution in [-0.4, -0.2) is 13.7 Å². The van der Waals surface area contributed by atoms with E-state index in [9.17, 15) is 0 Å². The SMILES string of the molecule is C=C(Br)CNc1cc(OC)c(Br)cc1Br. The Morgan fingerprint density at radius 1 is 1.40 bits per heavy atom. The van der Waals surface area contributed by atoms with Crippen LogP contribution in [0.25, 0.3) is 0 Å². The highest BCUT2D eigenvalue weighted by Gasteiger charge is 2.06. The van der Waals surface area contributed by atoms with Crippen LogP contribution in [0.15, 0.2) is 32.1 Å². The number of halogens is 3. The van der Waals surface area contributed by atoms with Crippen LogP contribution >= 0.6 is 47.8 Å². The molecule has 0 aliphatic carbocycles. The monoisotopic (exact) mass is 397 g/mol. The average molecular weight is 400 g/mol. The summed E-state index contributed by atoms with van der Waals surface area (Å²) in [4.78, 5) is 0. The number of hydrogen-bond acceptors (Lipinski definition) is 2. The van der Waals surface area contributed by atoms with Gasteiger partial charge in [-0.2, -0.15) is 0 Å². The van der Waals surface area contributed by atoms with Crippen LogP contribution in [0.2, 0.25) is 0 Å². The molecule has 1 aromatic carbocycles. The summed E-state index contributed by atoms with van der Waals surface area (Å²) < 4.78 is 8.00. The van der Waals surface area contributed by atoms with Crippen LogP contribution in [0.4, 0.5) is 5.69 Å². The second-order valence-corrected chi connectivity index (χ2v) is 5.67. The van der Waals surface area contributed by atoms with Crippen LogP contribution in [0.3, 0.4) is 0 Å². The van der Waals surface area contributed by atoms with Gasteiger partial charge in [-0.05, 0) is 37.9 Å². The molecule has 0 aliphatic heterocycles. The van der Waals surface area contributed by atoms with E-state index >= 15 is 0 Å². The van der Waals surface area contributed by atoms with Crippen molar-refractivity contribution in [3.63, 3.8) is 0 Å². The van der Waals surface area contributed by atoms with E-state index in [1.54, 1.807) is 7.11 Å². The van der Waals surface area contributed by atoms with Gasteiger partial charge in [0.2, 0.25) is 0 Å². The van der Waals surface area contributed by atoms with Crippen LogP contribution in [0.1, 0.15) is 0 Å². The average Bonchev–Trinajstić information content (AvgIpc) is 2.16. The van der Waals surface area contributed by atoms with Gasteiger partial charge in [-0.1, -0.05) is 22.5 Å². The molecule has 2 nitrogen and oxygen atoms in total. The van der Waals surface area contributed by atoms with Gasteiger partial charge in [-0.25, -0.2) is 0 Å². The van der Waals surface area contributed by atoms with E-state index in [2.05, 4.69) is 59.7 Å². The Labute approximate surface area is 114 Å². The summed E-state index contributed by atoms with van der Waals surface area (Å²) >= 11 is 10.2. The number of anilines is 1. The van der Waals surface area contributed by atoms with Crippen molar-refractivity contribution in [1.82, 2.24) is 0 Å². The first-order valence-corrected chi connectivity index (χ1v) is 6.52. The zero-order valence-electron chi connectivity index (χ0n) is 8.11. The summed E-state index contributed by atoms with van der Waals surface area (Å²) in [6, 6.07) is 3.86. The molecule has 1 aromatic rings. The number of hydrogen-bond donors (Lipinski definition) is 1. The lowest BCUT2D eigenvalue weighted by Gasteiger charge is -2.11. The van der Waals surface area contributed by atoms with Crippen molar-refractivity contribution in [2.45, 2.75) is 0 Å². The Morgan fingerprint density at radius 2 is 2.07 bits per heavy atom. The van der Waals surface area contributed by atoms with Crippen LogP contribution in [0.5, 0.6) is 5.75 Å². The summed E-state index contributed by atoms with van der Waals surface area (Å²) in [6.07, 6.45) is 0. The van der Waals surface area contributed by atoms with Crippen molar-refractivity contribution >= 4 is 53.5 Å². The lowest BCUT2D eigenvalue weighted by molar-refractivity contribution is 0.412. The van der Waals surface area contributed by atoms with Gasteiger partial charge in [0.05, 0.1) is 17.3 Å². The maximum atomic E-state index is 5.21. The molecule has 0 aliphatic rings. The molecular formula is C10H10Br3NO. The molecular weight excluding hydrogens is 390 g/mol. The molecule has 0 radical (unpaired) electrons. The zero-order chi connectivity index (χ0) is 11.4. The van der Waals surface area contributed by atoms with Crippen LogP contribution < -0.4 is 10.1 Å². The van der Waals surface area contributed by atoms with Crippen LogP contribution in [-0.2, 0) is 0 Å². The van der Waals surface area contributed by atoms with E-state index in [1.165, 1.54) is 0 Å². The molecule has 15 heavy (non-hydrogen) atoms. The largest absolute Gasteiger partial charge is 0.495 e. The highest BCUT2D eigenvalue weighted by Crippen LogP contribution is 2.34. The molecule has 5 heteroatoms. The Bertz CT molecular complexity index is 379. The third kappa shape index (κ3) is 3.81. The van der Waals surface area contributed by atoms with Gasteiger partial charge >= 0.3 is 0 Å². The van der Waals surface area contributed by atoms with Gasteiger partial charge < -0.3 is 10.1 Å². The van der Waals surface area contributed by atoms with E-state index in [0.29, 0.717) is 6.54 Å². The second kappa shape index (κ2) is 5.92. The molecule has 0 amide bonds. The molecule has 1 N–H and O–H groups in total. The molecule has 0 aromatic heterocycles. The van der Waals surface area contributed by atoms with Gasteiger partial charge in [-0.15, -0.1) is 0 Å². The van der Waals surface area contributed by atoms with Gasteiger partial charge in [-0.3, -0.25) is 0 Å². The fraction of sp³-hybridized carbons (Fsp3) is 0.200. The van der Waals surface area contributed by atoms with E-state index in [4.69, 9.17) is 4.74 Å². The summed E-state index contributed by atoms with van der Waals surface area (Å²) in [5, 5.41) is 3.22. The third-order valence-corrected chi connectivity index (χ3v) is 3.27. The molecule has 0 atom stereocenters. The van der Waals surface area contributed by atoms with E-state index < -0.39 is 0 Å². The molecule has 0 unspecified atom stereocenters. The highest BCUT2D eigenvalue weighted by atomic mass is 79.9. The minimum Gasteiger partial charge on any atom is -0.495 e. The number of benzene rings is 1. The number of nitrogens with one attached hydrogen (secondary N) is 1. The summed E-state index contributed by atoms with van der Waals surface area (Å²) in [7, 11) is 1.64. The lowest BCUT2D eigenvalue weighted by Crippen LogP contribution is -2.01. The molecule has 0 spiro atoms. The summed E-state index contributed by atoms with van der Waals surface area (Å²) in [6.45, 7) is 4.43. The standard InChI is InChI=1S/C10H10Br3NO/c1-6(11)5-14-9-4-10(15-2)8(13)3-7(9)12/h3-4,14H,1,5H2,2H3. The van der Waals surface area contributed by atoms with Gasteiger partial charge in [0, 0.05) is 21.6 Å². The molecule has 0 bridgehead atoms. The van der Waals surface area contributed by atoms with Crippen molar-refractivity contribution in [1.29, 1.82) is 0 Å². The third-order valence-electron chi connectivity index (χ3n) is 1.71. The number of methoxy groups -OCH3 is 1. The quantitative estimate of drug-likeness (QED) is 0.802. The van der Waals surface area contributed by atoms with Gasteiger partial charge in [0.1, 0.15) is 5.75 Å². The highest BCUT2D eigenvalue weighted by molar-refractivity contribution is 9.11. The fourth-order valence-corrected chi connectivity index (χ4v) is 2.45. The van der Waals surface area contributed by atoms with Gasteiger partial charge in [0.15, 0.2) is 0 Å². The first kappa shape index (κ1) is 13.1. The van der Waals surface area contributed by atoms with Crippen molar-refractivity contribution in [3.05, 3.63) is 32.1 Å². The first-order chi connectivity index (χ1) is 7.04. The summed E-state index contributed by atoms with van der Waals surface area (Å²) in [5.41, 5.74) is 0.968. The zero-order valence-corrected chi connectivity index (χ0v) is 12.9. The van der Waals surface area contributed by atoms with E-state index in [-0.39, 0.29) is 0 Å². The van der Waals surface area contributed by atoms with E-state index in [0.717, 1.165) is 24.9 Å². The molecule has 1 rings (SSSR count). The molecule has 0 saturated heterocycles. The Morgan fingerprint density at radius 3 is 2.60 bits per heavy atom. The van der Waals surface area contributed by atoms with Gasteiger partial charge in [0.25, 0.3) is 0 Å². The minimum atomic E-state index is 0.670. The number of ether oxygens (including phenoxy) is 1. The van der Waals surface area contributed by atoms with Crippen molar-refractivity contribution < 1.29 is 4.74 Å². The predicted octanol–water partition coefficient (Wildman–Crippen LogP) is 4.54.